The summed E-state index contributed by atoms with van der Waals surface area (Å²) >= 11 is 0. The number of nitrogens with zero attached hydrogens (tertiary/aromatic N) is 2. The Morgan fingerprint density at radius 1 is 1.18 bits per heavy atom. The number of carbonyl (C=O) groups excluding carboxylic acids is 1. The maximum Gasteiger partial charge on any atom is 0.246 e. The molecule has 4 rings (SSSR count). The molecule has 2 heterocycles. The van der Waals surface area contributed by atoms with Crippen LogP contribution in [-0.2, 0) is 17.6 Å². The number of allylic oxidation sites excluding steroid dienone is 1. The zero-order valence-corrected chi connectivity index (χ0v) is 17.4. The number of hydrogen-bond acceptors (Lipinski definition) is 4. The number of piperazine rings is 1. The normalized spacial score (nSPS) is 18.4. The highest BCUT2D eigenvalue weighted by atomic mass is 16.5. The third kappa shape index (κ3) is 3.32. The molecule has 0 spiro atoms. The summed E-state index contributed by atoms with van der Waals surface area (Å²) in [7, 11) is 3.79. The number of carbonyl (C=O) groups is 1. The summed E-state index contributed by atoms with van der Waals surface area (Å²) in [5, 5.41) is 1.18. The van der Waals surface area contributed by atoms with Crippen LogP contribution in [0.2, 0.25) is 0 Å². The maximum atomic E-state index is 12.8. The Morgan fingerprint density at radius 3 is 2.61 bits per heavy atom. The molecular weight excluding hydrogens is 352 g/mol. The maximum absolute atomic E-state index is 12.8. The summed E-state index contributed by atoms with van der Waals surface area (Å²) in [6.45, 7) is 7.47. The predicted molar refractivity (Wildman–Crippen MR) is 112 cm³/mol. The van der Waals surface area contributed by atoms with Crippen molar-refractivity contribution >= 4 is 22.4 Å². The van der Waals surface area contributed by atoms with E-state index in [-0.39, 0.29) is 5.91 Å². The predicted octanol–water partition coefficient (Wildman–Crippen LogP) is 3.81. The van der Waals surface area contributed by atoms with Crippen LogP contribution in [0.3, 0.4) is 0 Å². The molecule has 150 valence electrons. The van der Waals surface area contributed by atoms with Crippen molar-refractivity contribution in [3.8, 4) is 5.75 Å². The van der Waals surface area contributed by atoms with Gasteiger partial charge in [-0.1, -0.05) is 0 Å². The zero-order chi connectivity index (χ0) is 19.8. The molecule has 0 saturated carbocycles. The van der Waals surface area contributed by atoms with E-state index in [0.717, 1.165) is 72.8 Å². The first-order valence-corrected chi connectivity index (χ1v) is 10.3. The van der Waals surface area contributed by atoms with Gasteiger partial charge in [-0.15, -0.1) is 0 Å². The first-order valence-electron chi connectivity index (χ1n) is 10.3. The molecule has 1 aromatic carbocycles. The number of benzene rings is 1. The molecular formula is C23H30N2O3. The van der Waals surface area contributed by atoms with Crippen LogP contribution in [0.25, 0.3) is 16.5 Å². The molecule has 0 atom stereocenters. The summed E-state index contributed by atoms with van der Waals surface area (Å²) in [6, 6.07) is 2.16. The molecule has 2 aromatic rings. The molecule has 5 nitrogen and oxygen atoms in total. The van der Waals surface area contributed by atoms with Crippen LogP contribution in [0.4, 0.5) is 0 Å². The Morgan fingerprint density at radius 2 is 1.89 bits per heavy atom. The fraction of sp³-hybridized carbons (Fsp3) is 0.522. The minimum absolute atomic E-state index is 0.0830. The van der Waals surface area contributed by atoms with E-state index < -0.39 is 0 Å². The van der Waals surface area contributed by atoms with Gasteiger partial charge >= 0.3 is 0 Å². The van der Waals surface area contributed by atoms with Crippen LogP contribution in [0.15, 0.2) is 16.6 Å². The van der Waals surface area contributed by atoms with E-state index in [9.17, 15) is 4.79 Å². The Bertz CT molecular complexity index is 933. The average Bonchev–Trinajstić information content (AvgIpc) is 3.07. The van der Waals surface area contributed by atoms with Gasteiger partial charge in [-0.3, -0.25) is 4.79 Å². The van der Waals surface area contributed by atoms with Crippen molar-refractivity contribution in [2.75, 3.05) is 40.3 Å². The fourth-order valence-electron chi connectivity index (χ4n) is 4.47. The third-order valence-electron chi connectivity index (χ3n) is 6.21. The van der Waals surface area contributed by atoms with Crippen molar-refractivity contribution in [3.63, 3.8) is 0 Å². The number of rotatable bonds is 3. The molecule has 0 unspecified atom stereocenters. The van der Waals surface area contributed by atoms with Crippen molar-refractivity contribution in [1.29, 1.82) is 0 Å². The Kier molecular flexibility index (Phi) is 5.19. The lowest BCUT2D eigenvalue weighted by molar-refractivity contribution is -0.127. The molecule has 1 saturated heterocycles. The van der Waals surface area contributed by atoms with Gasteiger partial charge in [-0.2, -0.15) is 0 Å². The smallest absolute Gasteiger partial charge is 0.246 e. The van der Waals surface area contributed by atoms with Gasteiger partial charge in [0.15, 0.2) is 0 Å². The molecule has 0 N–H and O–H groups in total. The molecule has 1 aromatic heterocycles. The standard InChI is InChI=1S/C23H30N2O3/c1-15(13-21(26)25-11-9-24(3)10-12-25)18-14-19-17-7-5-6-8-20(17)28-23(19)16(2)22(18)27-4/h13-14H,5-12H2,1-4H3/b15-13+. The molecule has 1 amide bonds. The zero-order valence-electron chi connectivity index (χ0n) is 17.4. The number of fused-ring (bicyclic) bond motifs is 3. The van der Waals surface area contributed by atoms with E-state index in [1.807, 2.05) is 11.8 Å². The van der Waals surface area contributed by atoms with Gasteiger partial charge in [0, 0.05) is 60.8 Å². The fourth-order valence-corrected chi connectivity index (χ4v) is 4.47. The largest absolute Gasteiger partial charge is 0.496 e. The number of amides is 1. The Hall–Kier alpha value is -2.27. The summed E-state index contributed by atoms with van der Waals surface area (Å²) in [5.74, 6) is 2.01. The summed E-state index contributed by atoms with van der Waals surface area (Å²) in [5.41, 5.74) is 5.22. The van der Waals surface area contributed by atoms with Crippen molar-refractivity contribution in [2.45, 2.75) is 39.5 Å². The van der Waals surface area contributed by atoms with Gasteiger partial charge in [0.05, 0.1) is 7.11 Å². The van der Waals surface area contributed by atoms with Crippen molar-refractivity contribution in [1.82, 2.24) is 9.80 Å². The molecule has 0 radical (unpaired) electrons. The molecule has 28 heavy (non-hydrogen) atoms. The van der Waals surface area contributed by atoms with Gasteiger partial charge in [0.1, 0.15) is 17.1 Å². The number of hydrogen-bond donors (Lipinski definition) is 0. The lowest BCUT2D eigenvalue weighted by Gasteiger charge is -2.31. The second-order valence-corrected chi connectivity index (χ2v) is 8.13. The molecule has 0 bridgehead atoms. The highest BCUT2D eigenvalue weighted by Crippen LogP contribution is 2.41. The lowest BCUT2D eigenvalue weighted by atomic mass is 9.93. The SMILES string of the molecule is COc1c(/C(C)=C/C(=O)N2CCN(C)CC2)cc2c3c(oc2c1C)CCCC3. The average molecular weight is 383 g/mol. The van der Waals surface area contributed by atoms with Crippen LogP contribution in [0, 0.1) is 6.92 Å². The summed E-state index contributed by atoms with van der Waals surface area (Å²) < 4.78 is 12.0. The van der Waals surface area contributed by atoms with Crippen molar-refractivity contribution in [2.24, 2.45) is 0 Å². The molecule has 5 heteroatoms. The van der Waals surface area contributed by atoms with E-state index in [1.165, 1.54) is 23.8 Å². The van der Waals surface area contributed by atoms with Gasteiger partial charge in [0.25, 0.3) is 0 Å². The minimum atomic E-state index is 0.0830. The van der Waals surface area contributed by atoms with Crippen LogP contribution < -0.4 is 4.74 Å². The second-order valence-electron chi connectivity index (χ2n) is 8.13. The molecule has 1 aliphatic heterocycles. The number of furan rings is 1. The van der Waals surface area contributed by atoms with Crippen LogP contribution >= 0.6 is 0 Å². The number of aryl methyl sites for hydroxylation is 3. The van der Waals surface area contributed by atoms with Crippen LogP contribution in [0.5, 0.6) is 5.75 Å². The van der Waals surface area contributed by atoms with Crippen LogP contribution in [-0.4, -0.2) is 56.0 Å². The molecule has 2 aliphatic rings. The van der Waals surface area contributed by atoms with E-state index >= 15 is 0 Å². The summed E-state index contributed by atoms with van der Waals surface area (Å²) in [4.78, 5) is 17.0. The Balaban J connectivity index is 1.73. The van der Waals surface area contributed by atoms with Gasteiger partial charge in [-0.25, -0.2) is 0 Å². The third-order valence-corrected chi connectivity index (χ3v) is 6.21. The van der Waals surface area contributed by atoms with E-state index in [0.29, 0.717) is 0 Å². The second kappa shape index (κ2) is 7.63. The molecule has 1 fully saturated rings. The molecule has 1 aliphatic carbocycles. The van der Waals surface area contributed by atoms with Gasteiger partial charge < -0.3 is 19.0 Å². The van der Waals surface area contributed by atoms with Gasteiger partial charge in [0.2, 0.25) is 5.91 Å². The van der Waals surface area contributed by atoms with Crippen LogP contribution in [0.1, 0.15) is 42.2 Å². The number of methoxy groups -OCH3 is 1. The monoisotopic (exact) mass is 382 g/mol. The first kappa shape index (κ1) is 19.1. The number of likely N-dealkylation sites (N-methyl/N-ethyl adjacent to an activating group) is 1. The highest BCUT2D eigenvalue weighted by Gasteiger charge is 2.24. The van der Waals surface area contributed by atoms with E-state index in [4.69, 9.17) is 9.15 Å². The van der Waals surface area contributed by atoms with Gasteiger partial charge in [-0.05, 0) is 51.8 Å². The van der Waals surface area contributed by atoms with Crippen molar-refractivity contribution < 1.29 is 13.9 Å². The number of ether oxygens (including phenoxy) is 1. The van der Waals surface area contributed by atoms with Crippen molar-refractivity contribution in [3.05, 3.63) is 34.6 Å². The Labute approximate surface area is 166 Å². The highest BCUT2D eigenvalue weighted by molar-refractivity contribution is 5.98. The lowest BCUT2D eigenvalue weighted by Crippen LogP contribution is -2.46. The quantitative estimate of drug-likeness (QED) is 0.758. The first-order chi connectivity index (χ1) is 13.5. The summed E-state index contributed by atoms with van der Waals surface area (Å²) in [6.07, 6.45) is 6.24. The minimum Gasteiger partial charge on any atom is -0.496 e. The van der Waals surface area contributed by atoms with E-state index in [2.05, 4.69) is 24.9 Å². The topological polar surface area (TPSA) is 45.9 Å². The van der Waals surface area contributed by atoms with E-state index in [1.54, 1.807) is 13.2 Å².